The van der Waals surface area contributed by atoms with Crippen molar-refractivity contribution in [3.8, 4) is 11.5 Å². The average Bonchev–Trinajstić information content (AvgIpc) is 3.51. The number of rotatable bonds is 10. The third-order valence-electron chi connectivity index (χ3n) is 6.24. The highest BCUT2D eigenvalue weighted by Crippen LogP contribution is 2.31. The number of methoxy groups -OCH3 is 1. The van der Waals surface area contributed by atoms with Crippen LogP contribution in [0.4, 0.5) is 9.59 Å². The molecule has 1 aliphatic heterocycles. The number of amides is 2. The standard InChI is InChI=1S/C30H32N2O7/c1-36-28(33)25(31-29(34)38-21-23-12-6-3-7-13-23)18-24-14-15-26(37-20-22-10-4-2-5-11-22)27(19-24)39-30(35)32-16-8-9-17-32/h2-7,10-15,19,25H,8-9,16-18,20-21H2,1H3,(H,31,34). The Morgan fingerprint density at radius 2 is 1.46 bits per heavy atom. The van der Waals surface area contributed by atoms with Crippen molar-refractivity contribution < 1.29 is 33.3 Å². The van der Waals surface area contributed by atoms with E-state index in [0.29, 0.717) is 24.4 Å². The summed E-state index contributed by atoms with van der Waals surface area (Å²) in [5.74, 6) is -0.0118. The van der Waals surface area contributed by atoms with E-state index in [9.17, 15) is 14.4 Å². The average molecular weight is 533 g/mol. The third-order valence-corrected chi connectivity index (χ3v) is 6.24. The lowest BCUT2D eigenvalue weighted by Crippen LogP contribution is -2.43. The molecule has 3 aromatic carbocycles. The van der Waals surface area contributed by atoms with Gasteiger partial charge in [-0.05, 0) is 41.7 Å². The molecule has 4 rings (SSSR count). The molecule has 2 amide bonds. The minimum atomic E-state index is -1.02. The Balaban J connectivity index is 1.47. The molecule has 0 aromatic heterocycles. The van der Waals surface area contributed by atoms with E-state index in [2.05, 4.69) is 5.32 Å². The second-order valence-electron chi connectivity index (χ2n) is 9.10. The second kappa shape index (κ2) is 13.9. The number of hydrogen-bond donors (Lipinski definition) is 1. The molecular weight excluding hydrogens is 500 g/mol. The highest BCUT2D eigenvalue weighted by Gasteiger charge is 2.25. The maximum absolute atomic E-state index is 12.8. The molecule has 1 saturated heterocycles. The number of alkyl carbamates (subject to hydrolysis) is 1. The molecule has 1 heterocycles. The molecule has 9 heteroatoms. The molecule has 9 nitrogen and oxygen atoms in total. The number of likely N-dealkylation sites (tertiary alicyclic amines) is 1. The minimum absolute atomic E-state index is 0.0601. The Hall–Kier alpha value is -4.53. The summed E-state index contributed by atoms with van der Waals surface area (Å²) in [6.07, 6.45) is 0.734. The number of carbonyl (C=O) groups excluding carboxylic acids is 3. The van der Waals surface area contributed by atoms with Gasteiger partial charge in [0, 0.05) is 19.5 Å². The van der Waals surface area contributed by atoms with E-state index in [0.717, 1.165) is 24.0 Å². The quantitative estimate of drug-likeness (QED) is 0.372. The fourth-order valence-corrected chi connectivity index (χ4v) is 4.15. The molecule has 204 valence electrons. The van der Waals surface area contributed by atoms with Crippen LogP contribution in [0.25, 0.3) is 0 Å². The summed E-state index contributed by atoms with van der Waals surface area (Å²) in [6.45, 7) is 1.62. The van der Waals surface area contributed by atoms with E-state index in [-0.39, 0.29) is 25.4 Å². The summed E-state index contributed by atoms with van der Waals surface area (Å²) in [4.78, 5) is 39.3. The Morgan fingerprint density at radius 3 is 2.10 bits per heavy atom. The number of carbonyl (C=O) groups is 3. The number of benzene rings is 3. The number of esters is 1. The maximum atomic E-state index is 12.8. The zero-order valence-corrected chi connectivity index (χ0v) is 21.8. The smallest absolute Gasteiger partial charge is 0.415 e. The molecule has 1 aliphatic rings. The van der Waals surface area contributed by atoms with Crippen LogP contribution in [-0.4, -0.2) is 49.3 Å². The van der Waals surface area contributed by atoms with E-state index in [4.69, 9.17) is 18.9 Å². The van der Waals surface area contributed by atoms with Crippen LogP contribution in [0.5, 0.6) is 11.5 Å². The van der Waals surface area contributed by atoms with Gasteiger partial charge in [0.15, 0.2) is 11.5 Å². The lowest BCUT2D eigenvalue weighted by Gasteiger charge is -2.19. The van der Waals surface area contributed by atoms with Gasteiger partial charge in [0.1, 0.15) is 19.3 Å². The van der Waals surface area contributed by atoms with Gasteiger partial charge in [0.05, 0.1) is 7.11 Å². The summed E-state index contributed by atoms with van der Waals surface area (Å²) in [6, 6.07) is 22.9. The molecule has 0 bridgehead atoms. The van der Waals surface area contributed by atoms with Crippen molar-refractivity contribution in [2.24, 2.45) is 0 Å². The lowest BCUT2D eigenvalue weighted by atomic mass is 10.1. The van der Waals surface area contributed by atoms with Crippen molar-refractivity contribution in [3.05, 3.63) is 95.6 Å². The van der Waals surface area contributed by atoms with E-state index in [1.807, 2.05) is 60.7 Å². The zero-order valence-electron chi connectivity index (χ0n) is 21.8. The van der Waals surface area contributed by atoms with Crippen LogP contribution in [-0.2, 0) is 33.9 Å². The van der Waals surface area contributed by atoms with Crippen LogP contribution in [0.1, 0.15) is 29.5 Å². The Kier molecular flexibility index (Phi) is 9.77. The van der Waals surface area contributed by atoms with Gasteiger partial charge in [-0.25, -0.2) is 14.4 Å². The summed E-state index contributed by atoms with van der Waals surface area (Å²) in [5, 5.41) is 2.57. The van der Waals surface area contributed by atoms with Crippen molar-refractivity contribution >= 4 is 18.2 Å². The lowest BCUT2D eigenvalue weighted by molar-refractivity contribution is -0.143. The Bertz CT molecular complexity index is 1240. The summed E-state index contributed by atoms with van der Waals surface area (Å²) >= 11 is 0. The molecule has 0 saturated carbocycles. The predicted molar refractivity (Wildman–Crippen MR) is 143 cm³/mol. The third kappa shape index (κ3) is 8.23. The normalized spacial score (nSPS) is 13.3. The molecule has 1 atom stereocenters. The van der Waals surface area contributed by atoms with Gasteiger partial charge in [-0.3, -0.25) is 0 Å². The zero-order chi connectivity index (χ0) is 27.5. The van der Waals surface area contributed by atoms with Gasteiger partial charge < -0.3 is 29.2 Å². The summed E-state index contributed by atoms with van der Waals surface area (Å²) in [7, 11) is 1.25. The van der Waals surface area contributed by atoms with Crippen molar-refractivity contribution in [3.63, 3.8) is 0 Å². The number of nitrogens with one attached hydrogen (secondary N) is 1. The first-order chi connectivity index (χ1) is 19.0. The Labute approximate surface area is 227 Å². The molecule has 0 spiro atoms. The van der Waals surface area contributed by atoms with Crippen molar-refractivity contribution in [1.82, 2.24) is 10.2 Å². The highest BCUT2D eigenvalue weighted by atomic mass is 16.6. The van der Waals surface area contributed by atoms with Crippen molar-refractivity contribution in [1.29, 1.82) is 0 Å². The number of ether oxygens (including phenoxy) is 4. The SMILES string of the molecule is COC(=O)C(Cc1ccc(OCc2ccccc2)c(OC(=O)N2CCCC2)c1)NC(=O)OCc1ccccc1. The molecule has 3 aromatic rings. The predicted octanol–water partition coefficient (Wildman–Crippen LogP) is 4.87. The molecule has 1 N–H and O–H groups in total. The van der Waals surface area contributed by atoms with E-state index in [1.54, 1.807) is 23.1 Å². The first kappa shape index (κ1) is 27.5. The maximum Gasteiger partial charge on any atom is 0.415 e. The van der Waals surface area contributed by atoms with E-state index < -0.39 is 24.2 Å². The van der Waals surface area contributed by atoms with Gasteiger partial charge in [0.25, 0.3) is 0 Å². The molecule has 0 radical (unpaired) electrons. The van der Waals surface area contributed by atoms with Gasteiger partial charge in [-0.15, -0.1) is 0 Å². The number of hydrogen-bond acceptors (Lipinski definition) is 7. The Morgan fingerprint density at radius 1 is 0.821 bits per heavy atom. The first-order valence-corrected chi connectivity index (χ1v) is 12.8. The van der Waals surface area contributed by atoms with Crippen molar-refractivity contribution in [2.45, 2.75) is 38.5 Å². The second-order valence-corrected chi connectivity index (χ2v) is 9.10. The van der Waals surface area contributed by atoms with Crippen LogP contribution >= 0.6 is 0 Å². The van der Waals surface area contributed by atoms with Crippen LogP contribution < -0.4 is 14.8 Å². The first-order valence-electron chi connectivity index (χ1n) is 12.8. The molecule has 0 aliphatic carbocycles. The fraction of sp³-hybridized carbons (Fsp3) is 0.300. The van der Waals surface area contributed by atoms with Gasteiger partial charge in [-0.1, -0.05) is 66.7 Å². The van der Waals surface area contributed by atoms with Crippen LogP contribution in [0.15, 0.2) is 78.9 Å². The summed E-state index contributed by atoms with van der Waals surface area (Å²) < 4.78 is 21.9. The minimum Gasteiger partial charge on any atom is -0.485 e. The molecular formula is C30H32N2O7. The highest BCUT2D eigenvalue weighted by molar-refractivity contribution is 5.81. The largest absolute Gasteiger partial charge is 0.485 e. The van der Waals surface area contributed by atoms with Crippen LogP contribution in [0.3, 0.4) is 0 Å². The van der Waals surface area contributed by atoms with Gasteiger partial charge >= 0.3 is 18.2 Å². The van der Waals surface area contributed by atoms with Gasteiger partial charge in [0.2, 0.25) is 0 Å². The monoisotopic (exact) mass is 532 g/mol. The molecule has 1 fully saturated rings. The van der Waals surface area contributed by atoms with Gasteiger partial charge in [-0.2, -0.15) is 0 Å². The summed E-state index contributed by atoms with van der Waals surface area (Å²) in [5.41, 5.74) is 2.41. The van der Waals surface area contributed by atoms with Crippen LogP contribution in [0.2, 0.25) is 0 Å². The van der Waals surface area contributed by atoms with E-state index in [1.165, 1.54) is 7.11 Å². The molecule has 1 unspecified atom stereocenters. The topological polar surface area (TPSA) is 103 Å². The number of nitrogens with zero attached hydrogens (tertiary/aromatic N) is 1. The van der Waals surface area contributed by atoms with Crippen molar-refractivity contribution in [2.75, 3.05) is 20.2 Å². The van der Waals surface area contributed by atoms with Crippen LogP contribution in [0, 0.1) is 0 Å². The van der Waals surface area contributed by atoms with E-state index >= 15 is 0 Å². The molecule has 39 heavy (non-hydrogen) atoms. The fourth-order valence-electron chi connectivity index (χ4n) is 4.15.